The zero-order chi connectivity index (χ0) is 20.0. The third kappa shape index (κ3) is 2.97. The maximum atomic E-state index is 13.3. The smallest absolute Gasteiger partial charge is 0.254 e. The topological polar surface area (TPSA) is 55.2 Å². The highest BCUT2D eigenvalue weighted by atomic mass is 16.2. The van der Waals surface area contributed by atoms with Gasteiger partial charge in [-0.25, -0.2) is 0 Å². The van der Waals surface area contributed by atoms with Crippen molar-refractivity contribution in [2.75, 3.05) is 13.1 Å². The summed E-state index contributed by atoms with van der Waals surface area (Å²) in [7, 11) is 1.98. The number of aromatic nitrogens is 2. The van der Waals surface area contributed by atoms with Gasteiger partial charge in [0.25, 0.3) is 5.91 Å². The largest absolute Gasteiger partial charge is 0.338 e. The predicted octanol–water partition coefficient (Wildman–Crippen LogP) is 3.46. The molecule has 0 saturated carbocycles. The SMILES string of the molecule is Cn1nc(-c2ccccc2)c2c1CCN(C(=O)c1cccc3c1CCC3=O)CC2. The Morgan fingerprint density at radius 2 is 1.69 bits per heavy atom. The van der Waals surface area contributed by atoms with Crippen LogP contribution in [0.15, 0.2) is 48.5 Å². The van der Waals surface area contributed by atoms with E-state index in [2.05, 4.69) is 12.1 Å². The minimum absolute atomic E-state index is 0.0403. The van der Waals surface area contributed by atoms with E-state index in [0.717, 1.165) is 35.2 Å². The van der Waals surface area contributed by atoms with Gasteiger partial charge in [-0.1, -0.05) is 42.5 Å². The van der Waals surface area contributed by atoms with E-state index in [-0.39, 0.29) is 11.7 Å². The number of ketones is 1. The number of aryl methyl sites for hydroxylation is 1. The molecular formula is C24H23N3O2. The molecule has 1 amide bonds. The maximum Gasteiger partial charge on any atom is 0.254 e. The number of hydrogen-bond acceptors (Lipinski definition) is 3. The monoisotopic (exact) mass is 385 g/mol. The van der Waals surface area contributed by atoms with Gasteiger partial charge < -0.3 is 4.90 Å². The van der Waals surface area contributed by atoms with E-state index in [4.69, 9.17) is 5.10 Å². The lowest BCUT2D eigenvalue weighted by atomic mass is 10.0. The third-order valence-electron chi connectivity index (χ3n) is 6.17. The Bertz CT molecular complexity index is 1110. The quantitative estimate of drug-likeness (QED) is 0.679. The van der Waals surface area contributed by atoms with Gasteiger partial charge in [-0.2, -0.15) is 5.10 Å². The highest BCUT2D eigenvalue weighted by molar-refractivity contribution is 6.05. The number of carbonyl (C=O) groups is 2. The molecule has 0 fully saturated rings. The molecular weight excluding hydrogens is 362 g/mol. The lowest BCUT2D eigenvalue weighted by Gasteiger charge is -2.22. The first kappa shape index (κ1) is 17.9. The molecule has 0 radical (unpaired) electrons. The second kappa shape index (κ2) is 6.99. The van der Waals surface area contributed by atoms with Crippen molar-refractivity contribution < 1.29 is 9.59 Å². The zero-order valence-corrected chi connectivity index (χ0v) is 16.5. The van der Waals surface area contributed by atoms with E-state index in [1.807, 2.05) is 53.0 Å². The van der Waals surface area contributed by atoms with Crippen molar-refractivity contribution in [1.29, 1.82) is 0 Å². The molecule has 5 nitrogen and oxygen atoms in total. The second-order valence-corrected chi connectivity index (χ2v) is 7.81. The Balaban J connectivity index is 1.44. The van der Waals surface area contributed by atoms with Crippen LogP contribution in [0.2, 0.25) is 0 Å². The van der Waals surface area contributed by atoms with E-state index in [0.29, 0.717) is 31.5 Å². The summed E-state index contributed by atoms with van der Waals surface area (Å²) in [5, 5.41) is 4.76. The average molecular weight is 385 g/mol. The van der Waals surface area contributed by atoms with Crippen LogP contribution in [0.1, 0.15) is 44.0 Å². The highest BCUT2D eigenvalue weighted by Gasteiger charge is 2.29. The van der Waals surface area contributed by atoms with Gasteiger partial charge in [0.05, 0.1) is 5.69 Å². The molecule has 0 unspecified atom stereocenters. The van der Waals surface area contributed by atoms with Crippen molar-refractivity contribution in [3.8, 4) is 11.3 Å². The van der Waals surface area contributed by atoms with Crippen LogP contribution in [0, 0.1) is 0 Å². The molecule has 5 heteroatoms. The normalized spacial score (nSPS) is 15.8. The first-order valence-corrected chi connectivity index (χ1v) is 10.2. The van der Waals surface area contributed by atoms with Crippen LogP contribution in [-0.4, -0.2) is 39.5 Å². The fourth-order valence-electron chi connectivity index (χ4n) is 4.67. The molecule has 2 aromatic carbocycles. The summed E-state index contributed by atoms with van der Waals surface area (Å²) in [6.45, 7) is 1.33. The Labute approximate surface area is 170 Å². The number of fused-ring (bicyclic) bond motifs is 2. The van der Waals surface area contributed by atoms with Crippen LogP contribution in [-0.2, 0) is 26.3 Å². The van der Waals surface area contributed by atoms with Gasteiger partial charge in [0.1, 0.15) is 0 Å². The van der Waals surface area contributed by atoms with Gasteiger partial charge in [0.2, 0.25) is 0 Å². The zero-order valence-electron chi connectivity index (χ0n) is 16.5. The minimum Gasteiger partial charge on any atom is -0.338 e. The Morgan fingerprint density at radius 3 is 2.52 bits per heavy atom. The number of benzene rings is 2. The molecule has 0 N–H and O–H groups in total. The Kier molecular flexibility index (Phi) is 4.31. The number of amides is 1. The van der Waals surface area contributed by atoms with E-state index < -0.39 is 0 Å². The summed E-state index contributed by atoms with van der Waals surface area (Å²) in [6, 6.07) is 15.8. The Morgan fingerprint density at radius 1 is 0.897 bits per heavy atom. The summed E-state index contributed by atoms with van der Waals surface area (Å²) in [4.78, 5) is 27.3. The molecule has 5 rings (SSSR count). The van der Waals surface area contributed by atoms with Crippen LogP contribution in [0.25, 0.3) is 11.3 Å². The molecule has 29 heavy (non-hydrogen) atoms. The van der Waals surface area contributed by atoms with Crippen molar-refractivity contribution >= 4 is 11.7 Å². The second-order valence-electron chi connectivity index (χ2n) is 7.81. The molecule has 0 atom stereocenters. The molecule has 1 aliphatic carbocycles. The molecule has 1 aromatic heterocycles. The summed E-state index contributed by atoms with van der Waals surface area (Å²) < 4.78 is 1.96. The fraction of sp³-hybridized carbons (Fsp3) is 0.292. The van der Waals surface area contributed by atoms with E-state index in [1.165, 1.54) is 11.3 Å². The van der Waals surface area contributed by atoms with E-state index in [1.54, 1.807) is 0 Å². The maximum absolute atomic E-state index is 13.3. The van der Waals surface area contributed by atoms with E-state index >= 15 is 0 Å². The summed E-state index contributed by atoms with van der Waals surface area (Å²) >= 11 is 0. The van der Waals surface area contributed by atoms with Crippen LogP contribution >= 0.6 is 0 Å². The van der Waals surface area contributed by atoms with Crippen molar-refractivity contribution in [3.63, 3.8) is 0 Å². The van der Waals surface area contributed by atoms with Crippen LogP contribution < -0.4 is 0 Å². The van der Waals surface area contributed by atoms with Crippen LogP contribution in [0.5, 0.6) is 0 Å². The first-order chi connectivity index (χ1) is 14.1. The average Bonchev–Trinajstić information content (AvgIpc) is 3.19. The van der Waals surface area contributed by atoms with Gasteiger partial charge in [-0.15, -0.1) is 0 Å². The van der Waals surface area contributed by atoms with E-state index in [9.17, 15) is 9.59 Å². The number of Topliss-reactive ketones (excluding diaryl/α,β-unsaturated/α-hetero) is 1. The summed E-state index contributed by atoms with van der Waals surface area (Å²) in [5.74, 6) is 0.190. The van der Waals surface area contributed by atoms with Gasteiger partial charge >= 0.3 is 0 Å². The molecule has 0 saturated heterocycles. The molecule has 0 spiro atoms. The first-order valence-electron chi connectivity index (χ1n) is 10.2. The van der Waals surface area contributed by atoms with Gasteiger partial charge in [0, 0.05) is 60.9 Å². The standard InChI is InChI=1S/C24H23N3O2/c1-26-21-13-15-27(14-12-20(21)23(25-26)16-6-3-2-4-7-16)24(29)19-9-5-8-18-17(19)10-11-22(18)28/h2-9H,10-15H2,1H3. The minimum atomic E-state index is 0.0403. The molecule has 2 aliphatic rings. The van der Waals surface area contributed by atoms with Gasteiger partial charge in [0.15, 0.2) is 5.78 Å². The molecule has 0 bridgehead atoms. The summed E-state index contributed by atoms with van der Waals surface area (Å²) in [5.41, 5.74) is 6.92. The number of rotatable bonds is 2. The van der Waals surface area contributed by atoms with Crippen LogP contribution in [0.3, 0.4) is 0 Å². The number of nitrogens with zero attached hydrogens (tertiary/aromatic N) is 3. The third-order valence-corrected chi connectivity index (χ3v) is 6.17. The molecule has 2 heterocycles. The van der Waals surface area contributed by atoms with Crippen molar-refractivity contribution in [2.24, 2.45) is 7.05 Å². The van der Waals surface area contributed by atoms with Crippen molar-refractivity contribution in [2.45, 2.75) is 25.7 Å². The highest BCUT2D eigenvalue weighted by Crippen LogP contribution is 2.30. The summed E-state index contributed by atoms with van der Waals surface area (Å²) in [6.07, 6.45) is 2.75. The molecule has 146 valence electrons. The number of carbonyl (C=O) groups excluding carboxylic acids is 2. The fourth-order valence-corrected chi connectivity index (χ4v) is 4.67. The molecule has 1 aliphatic heterocycles. The predicted molar refractivity (Wildman–Crippen MR) is 111 cm³/mol. The lowest BCUT2D eigenvalue weighted by molar-refractivity contribution is 0.0761. The lowest BCUT2D eigenvalue weighted by Crippen LogP contribution is -2.34. The van der Waals surface area contributed by atoms with Gasteiger partial charge in [-0.3, -0.25) is 14.3 Å². The van der Waals surface area contributed by atoms with Crippen molar-refractivity contribution in [1.82, 2.24) is 14.7 Å². The van der Waals surface area contributed by atoms with Crippen molar-refractivity contribution in [3.05, 3.63) is 76.5 Å². The van der Waals surface area contributed by atoms with Gasteiger partial charge in [-0.05, 0) is 24.5 Å². The van der Waals surface area contributed by atoms with Crippen LogP contribution in [0.4, 0.5) is 0 Å². The Hall–Kier alpha value is -3.21. The number of hydrogen-bond donors (Lipinski definition) is 0. The molecule has 3 aromatic rings.